The van der Waals surface area contributed by atoms with E-state index in [0.717, 1.165) is 0 Å². The maximum atomic E-state index is 15.1. The molecule has 3 heterocycles. The molecule has 43 heavy (non-hydrogen) atoms. The summed E-state index contributed by atoms with van der Waals surface area (Å²) in [6.07, 6.45) is 1.30. The van der Waals surface area contributed by atoms with Gasteiger partial charge in [-0.3, -0.25) is 19.0 Å². The molecule has 1 N–H and O–H groups in total. The highest BCUT2D eigenvalue weighted by molar-refractivity contribution is 6.45. The fraction of sp³-hybridized carbons (Fsp3) is 0.167. The van der Waals surface area contributed by atoms with E-state index in [2.05, 4.69) is 15.4 Å². The van der Waals surface area contributed by atoms with E-state index in [0.29, 0.717) is 11.1 Å². The zero-order chi connectivity index (χ0) is 30.1. The highest BCUT2D eigenvalue weighted by Crippen LogP contribution is 2.27. The summed E-state index contributed by atoms with van der Waals surface area (Å²) in [4.78, 5) is 55.3. The maximum absolute atomic E-state index is 15.1. The first-order valence-corrected chi connectivity index (χ1v) is 13.4. The van der Waals surface area contributed by atoms with E-state index in [9.17, 15) is 24.3 Å². The number of aromatic nitrogens is 5. The summed E-state index contributed by atoms with van der Waals surface area (Å²) >= 11 is 0. The average Bonchev–Trinajstić information content (AvgIpc) is 3.66. The fourth-order valence-corrected chi connectivity index (χ4v) is 5.13. The molecule has 1 saturated heterocycles. The molecule has 2 amide bonds. The van der Waals surface area contributed by atoms with Gasteiger partial charge in [-0.25, -0.2) is 9.18 Å². The third-order valence-electron chi connectivity index (χ3n) is 7.31. The minimum absolute atomic E-state index is 0.00273. The highest BCUT2D eigenvalue weighted by atomic mass is 19.1. The van der Waals surface area contributed by atoms with Crippen molar-refractivity contribution in [3.8, 4) is 5.95 Å². The van der Waals surface area contributed by atoms with Gasteiger partial charge in [-0.15, -0.1) is 5.10 Å². The monoisotopic (exact) mass is 581 g/mol. The molecule has 0 unspecified atom stereocenters. The third kappa shape index (κ3) is 5.23. The molecule has 0 atom stereocenters. The number of carbonyl (C=O) groups excluding carboxylic acids is 3. The molecule has 3 aromatic carbocycles. The Hall–Kier alpha value is -5.72. The number of amides is 2. The van der Waals surface area contributed by atoms with Gasteiger partial charge in [0, 0.05) is 43.3 Å². The summed E-state index contributed by atoms with van der Waals surface area (Å²) in [5, 5.41) is 21.7. The molecule has 1 fully saturated rings. The molecule has 13 heteroatoms. The lowest BCUT2D eigenvalue weighted by atomic mass is 10.1. The van der Waals surface area contributed by atoms with Crippen molar-refractivity contribution in [3.63, 3.8) is 0 Å². The van der Waals surface area contributed by atoms with Crippen LogP contribution in [0.5, 0.6) is 0 Å². The van der Waals surface area contributed by atoms with Crippen molar-refractivity contribution in [1.29, 1.82) is 0 Å². The van der Waals surface area contributed by atoms with E-state index >= 15 is 4.39 Å². The Labute approximate surface area is 243 Å². The van der Waals surface area contributed by atoms with E-state index in [4.69, 9.17) is 0 Å². The van der Waals surface area contributed by atoms with Gasteiger partial charge in [0.05, 0.1) is 23.2 Å². The van der Waals surface area contributed by atoms with Crippen LogP contribution in [0, 0.1) is 5.82 Å². The van der Waals surface area contributed by atoms with Gasteiger partial charge >= 0.3 is 5.97 Å². The Balaban J connectivity index is 1.23. The average molecular weight is 582 g/mol. The van der Waals surface area contributed by atoms with Gasteiger partial charge in [-0.1, -0.05) is 47.6 Å². The molecular weight excluding hydrogens is 557 g/mol. The summed E-state index contributed by atoms with van der Waals surface area (Å²) < 4.78 is 16.5. The molecule has 0 spiro atoms. The first-order chi connectivity index (χ1) is 20.8. The van der Waals surface area contributed by atoms with Gasteiger partial charge < -0.3 is 14.9 Å². The van der Waals surface area contributed by atoms with Crippen LogP contribution in [0.4, 0.5) is 4.39 Å². The van der Waals surface area contributed by atoms with E-state index in [1.54, 1.807) is 53.4 Å². The second-order valence-corrected chi connectivity index (χ2v) is 9.91. The minimum Gasteiger partial charge on any atom is -0.478 e. The number of piperazine rings is 1. The zero-order valence-corrected chi connectivity index (χ0v) is 22.6. The number of carboxylic acids is 1. The predicted octanol–water partition coefficient (Wildman–Crippen LogP) is 2.67. The number of Topliss-reactive ketones (excluding diaryl/α,β-unsaturated/α-hetero) is 1. The van der Waals surface area contributed by atoms with Crippen molar-refractivity contribution in [3.05, 3.63) is 107 Å². The number of halogens is 1. The van der Waals surface area contributed by atoms with Crippen LogP contribution in [0.25, 0.3) is 16.9 Å². The summed E-state index contributed by atoms with van der Waals surface area (Å²) in [7, 11) is 0. The highest BCUT2D eigenvalue weighted by Gasteiger charge is 2.32. The lowest BCUT2D eigenvalue weighted by molar-refractivity contribution is -0.127. The molecule has 0 bridgehead atoms. The minimum atomic E-state index is -1.10. The van der Waals surface area contributed by atoms with Crippen LogP contribution in [-0.4, -0.2) is 89.4 Å². The summed E-state index contributed by atoms with van der Waals surface area (Å²) in [5.74, 6) is -3.66. The number of benzene rings is 3. The molecule has 2 aromatic heterocycles. The van der Waals surface area contributed by atoms with Crippen molar-refractivity contribution < 1.29 is 28.7 Å². The van der Waals surface area contributed by atoms with E-state index in [1.165, 1.54) is 38.7 Å². The Morgan fingerprint density at radius 2 is 1.51 bits per heavy atom. The van der Waals surface area contributed by atoms with Gasteiger partial charge in [-0.2, -0.15) is 4.80 Å². The van der Waals surface area contributed by atoms with Gasteiger partial charge in [0.15, 0.2) is 0 Å². The lowest BCUT2D eigenvalue weighted by Crippen LogP contribution is -2.52. The molecule has 5 aromatic rings. The number of ketones is 1. The van der Waals surface area contributed by atoms with E-state index in [-0.39, 0.29) is 66.6 Å². The summed E-state index contributed by atoms with van der Waals surface area (Å²) in [6, 6.07) is 19.4. The number of aromatic carboxylic acids is 1. The smallest absolute Gasteiger partial charge is 0.336 e. The van der Waals surface area contributed by atoms with Gasteiger partial charge in [0.1, 0.15) is 5.82 Å². The number of fused-ring (bicyclic) bond motifs is 1. The standard InChI is InChI=1S/C30H24FN7O5/c31-23-11-6-12-24-25(23)22(18-37(24)30-32-34-38(33-30)17-20-9-4-5-10-21(20)29(42)43)26(39)28(41)36-15-13-35(14-16-36)27(40)19-7-2-1-3-8-19/h1-12,18H,13-17H2,(H,42,43). The largest absolute Gasteiger partial charge is 0.478 e. The van der Waals surface area contributed by atoms with Gasteiger partial charge in [0.2, 0.25) is 0 Å². The molecular formula is C30H24FN7O5. The topological polar surface area (TPSA) is 144 Å². The molecule has 1 aliphatic heterocycles. The Bertz CT molecular complexity index is 1880. The summed E-state index contributed by atoms with van der Waals surface area (Å²) in [5.41, 5.74) is 1.17. The SMILES string of the molecule is O=C(O)c1ccccc1Cn1nnc(-n2cc(C(=O)C(=O)N3CCN(C(=O)c4ccccc4)CC3)c3c(F)cccc32)n1. The number of nitrogens with zero attached hydrogens (tertiary/aromatic N) is 7. The third-order valence-corrected chi connectivity index (χ3v) is 7.31. The van der Waals surface area contributed by atoms with Crippen LogP contribution in [0.15, 0.2) is 79.0 Å². The van der Waals surface area contributed by atoms with Crippen LogP contribution in [0.2, 0.25) is 0 Å². The first kappa shape index (κ1) is 27.4. The number of tetrazole rings is 1. The normalized spacial score (nSPS) is 13.3. The number of hydrogen-bond acceptors (Lipinski definition) is 7. The molecule has 216 valence electrons. The Morgan fingerprint density at radius 3 is 2.26 bits per heavy atom. The number of rotatable bonds is 7. The first-order valence-electron chi connectivity index (χ1n) is 13.4. The Kier molecular flexibility index (Phi) is 7.20. The second-order valence-electron chi connectivity index (χ2n) is 9.91. The summed E-state index contributed by atoms with van der Waals surface area (Å²) in [6.45, 7) is 0.809. The second kappa shape index (κ2) is 11.3. The van der Waals surface area contributed by atoms with Crippen molar-refractivity contribution in [2.45, 2.75) is 6.54 Å². The van der Waals surface area contributed by atoms with Crippen molar-refractivity contribution >= 4 is 34.5 Å². The Morgan fingerprint density at radius 1 is 0.814 bits per heavy atom. The quantitative estimate of drug-likeness (QED) is 0.228. The molecule has 0 saturated carbocycles. The van der Waals surface area contributed by atoms with E-state index < -0.39 is 23.5 Å². The van der Waals surface area contributed by atoms with Crippen molar-refractivity contribution in [1.82, 2.24) is 34.6 Å². The van der Waals surface area contributed by atoms with Gasteiger partial charge in [0.25, 0.3) is 23.5 Å². The molecule has 0 aliphatic carbocycles. The van der Waals surface area contributed by atoms with Crippen LogP contribution in [-0.2, 0) is 11.3 Å². The lowest BCUT2D eigenvalue weighted by Gasteiger charge is -2.34. The van der Waals surface area contributed by atoms with Crippen LogP contribution in [0.1, 0.15) is 36.6 Å². The van der Waals surface area contributed by atoms with Crippen LogP contribution < -0.4 is 0 Å². The predicted molar refractivity (Wildman–Crippen MR) is 150 cm³/mol. The molecule has 0 radical (unpaired) electrons. The number of carboxylic acid groups (broad SMARTS) is 1. The molecule has 12 nitrogen and oxygen atoms in total. The van der Waals surface area contributed by atoms with Crippen LogP contribution >= 0.6 is 0 Å². The van der Waals surface area contributed by atoms with Gasteiger partial charge in [-0.05, 0) is 41.1 Å². The number of hydrogen-bond donors (Lipinski definition) is 1. The fourth-order valence-electron chi connectivity index (χ4n) is 5.13. The maximum Gasteiger partial charge on any atom is 0.336 e. The molecule has 6 rings (SSSR count). The zero-order valence-electron chi connectivity index (χ0n) is 22.6. The molecule has 1 aliphatic rings. The van der Waals surface area contributed by atoms with E-state index in [1.807, 2.05) is 6.07 Å². The number of carbonyl (C=O) groups is 4. The van der Waals surface area contributed by atoms with Crippen molar-refractivity contribution in [2.24, 2.45) is 0 Å². The van der Waals surface area contributed by atoms with Crippen LogP contribution in [0.3, 0.4) is 0 Å². The van der Waals surface area contributed by atoms with Crippen molar-refractivity contribution in [2.75, 3.05) is 26.2 Å².